The van der Waals surface area contributed by atoms with Gasteiger partial charge in [-0.25, -0.2) is 0 Å². The first-order valence-electron chi connectivity index (χ1n) is 6.41. The third-order valence-electron chi connectivity index (χ3n) is 3.01. The summed E-state index contributed by atoms with van der Waals surface area (Å²) in [5.74, 6) is 1.64. The molecule has 0 spiro atoms. The molecule has 3 nitrogen and oxygen atoms in total. The molecular formula is C16H18BrNO2. The molecule has 0 saturated heterocycles. The van der Waals surface area contributed by atoms with E-state index in [4.69, 9.17) is 15.2 Å². The van der Waals surface area contributed by atoms with E-state index in [0.717, 1.165) is 27.1 Å². The van der Waals surface area contributed by atoms with Gasteiger partial charge in [0, 0.05) is 6.04 Å². The molecular weight excluding hydrogens is 318 g/mol. The van der Waals surface area contributed by atoms with Crippen molar-refractivity contribution in [2.24, 2.45) is 5.73 Å². The van der Waals surface area contributed by atoms with E-state index in [-0.39, 0.29) is 6.04 Å². The molecule has 20 heavy (non-hydrogen) atoms. The summed E-state index contributed by atoms with van der Waals surface area (Å²) < 4.78 is 11.9. The van der Waals surface area contributed by atoms with Crippen molar-refractivity contribution in [1.82, 2.24) is 0 Å². The lowest BCUT2D eigenvalue weighted by atomic mass is 10.1. The maximum Gasteiger partial charge on any atom is 0.133 e. The van der Waals surface area contributed by atoms with Crippen molar-refractivity contribution in [2.75, 3.05) is 7.11 Å². The summed E-state index contributed by atoms with van der Waals surface area (Å²) in [5.41, 5.74) is 8.01. The zero-order chi connectivity index (χ0) is 14.5. The van der Waals surface area contributed by atoms with Crippen LogP contribution in [0.4, 0.5) is 0 Å². The van der Waals surface area contributed by atoms with Crippen LogP contribution in [0.5, 0.6) is 11.5 Å². The highest BCUT2D eigenvalue weighted by molar-refractivity contribution is 9.10. The molecule has 4 heteroatoms. The van der Waals surface area contributed by atoms with Gasteiger partial charge in [-0.05, 0) is 58.2 Å². The summed E-state index contributed by atoms with van der Waals surface area (Å²) in [7, 11) is 1.65. The molecule has 0 bridgehead atoms. The van der Waals surface area contributed by atoms with E-state index in [0.29, 0.717) is 6.61 Å². The molecule has 0 fully saturated rings. The molecule has 0 aromatic heterocycles. The molecule has 106 valence electrons. The first-order valence-corrected chi connectivity index (χ1v) is 7.20. The van der Waals surface area contributed by atoms with Gasteiger partial charge in [-0.3, -0.25) is 0 Å². The van der Waals surface area contributed by atoms with Gasteiger partial charge in [0.2, 0.25) is 0 Å². The van der Waals surface area contributed by atoms with E-state index >= 15 is 0 Å². The van der Waals surface area contributed by atoms with Gasteiger partial charge in [-0.2, -0.15) is 0 Å². The Morgan fingerprint density at radius 2 is 2.00 bits per heavy atom. The van der Waals surface area contributed by atoms with Gasteiger partial charge in [0.05, 0.1) is 11.6 Å². The highest BCUT2D eigenvalue weighted by atomic mass is 79.9. The number of methoxy groups -OCH3 is 1. The predicted molar refractivity (Wildman–Crippen MR) is 84.1 cm³/mol. The molecule has 0 aliphatic heterocycles. The molecule has 0 saturated carbocycles. The Hall–Kier alpha value is -1.52. The Kier molecular flexibility index (Phi) is 5.04. The summed E-state index contributed by atoms with van der Waals surface area (Å²) in [5, 5.41) is 0. The molecule has 2 aromatic carbocycles. The van der Waals surface area contributed by atoms with Crippen molar-refractivity contribution < 1.29 is 9.47 Å². The van der Waals surface area contributed by atoms with Crippen LogP contribution in [0.15, 0.2) is 46.9 Å². The Morgan fingerprint density at radius 3 is 2.65 bits per heavy atom. The lowest BCUT2D eigenvalue weighted by Crippen LogP contribution is -2.05. The maximum absolute atomic E-state index is 5.87. The number of hydrogen-bond donors (Lipinski definition) is 1. The minimum Gasteiger partial charge on any atom is -0.496 e. The fraction of sp³-hybridized carbons (Fsp3) is 0.250. The molecule has 2 rings (SSSR count). The number of nitrogens with two attached hydrogens (primary N) is 1. The van der Waals surface area contributed by atoms with E-state index in [2.05, 4.69) is 15.9 Å². The number of rotatable bonds is 5. The first-order chi connectivity index (χ1) is 9.60. The van der Waals surface area contributed by atoms with E-state index in [1.54, 1.807) is 7.11 Å². The fourth-order valence-electron chi connectivity index (χ4n) is 1.85. The van der Waals surface area contributed by atoms with Crippen LogP contribution in [-0.2, 0) is 6.61 Å². The highest BCUT2D eigenvalue weighted by Crippen LogP contribution is 2.26. The van der Waals surface area contributed by atoms with Crippen LogP contribution in [0.25, 0.3) is 0 Å². The zero-order valence-electron chi connectivity index (χ0n) is 11.6. The van der Waals surface area contributed by atoms with Crippen LogP contribution in [0.3, 0.4) is 0 Å². The molecule has 0 aliphatic carbocycles. The van der Waals surface area contributed by atoms with E-state index in [1.807, 2.05) is 49.4 Å². The van der Waals surface area contributed by atoms with Crippen LogP contribution in [0, 0.1) is 0 Å². The fourth-order valence-corrected chi connectivity index (χ4v) is 2.44. The second-order valence-electron chi connectivity index (χ2n) is 4.62. The zero-order valence-corrected chi connectivity index (χ0v) is 13.2. The van der Waals surface area contributed by atoms with Gasteiger partial charge in [0.1, 0.15) is 18.1 Å². The minimum atomic E-state index is 0.00804. The summed E-state index contributed by atoms with van der Waals surface area (Å²) in [6.07, 6.45) is 0. The Balaban J connectivity index is 2.05. The van der Waals surface area contributed by atoms with Crippen LogP contribution in [-0.4, -0.2) is 7.11 Å². The molecule has 0 aliphatic rings. The van der Waals surface area contributed by atoms with Gasteiger partial charge < -0.3 is 15.2 Å². The molecule has 2 aromatic rings. The smallest absolute Gasteiger partial charge is 0.133 e. The van der Waals surface area contributed by atoms with E-state index in [1.165, 1.54) is 0 Å². The number of benzene rings is 2. The van der Waals surface area contributed by atoms with Crippen LogP contribution in [0.1, 0.15) is 24.1 Å². The second kappa shape index (κ2) is 6.77. The largest absolute Gasteiger partial charge is 0.496 e. The third kappa shape index (κ3) is 3.74. The lowest BCUT2D eigenvalue weighted by Gasteiger charge is -2.11. The van der Waals surface area contributed by atoms with Crippen molar-refractivity contribution in [3.63, 3.8) is 0 Å². The van der Waals surface area contributed by atoms with E-state index in [9.17, 15) is 0 Å². The number of ether oxygens (including phenoxy) is 2. The van der Waals surface area contributed by atoms with Gasteiger partial charge in [-0.1, -0.05) is 18.2 Å². The monoisotopic (exact) mass is 335 g/mol. The van der Waals surface area contributed by atoms with Crippen LogP contribution < -0.4 is 15.2 Å². The number of halogens is 1. The van der Waals surface area contributed by atoms with Crippen LogP contribution in [0.2, 0.25) is 0 Å². The summed E-state index contributed by atoms with van der Waals surface area (Å²) in [6, 6.07) is 13.8. The molecule has 0 radical (unpaired) electrons. The number of hydrogen-bond acceptors (Lipinski definition) is 3. The average Bonchev–Trinajstić information content (AvgIpc) is 2.45. The average molecular weight is 336 g/mol. The molecule has 1 unspecified atom stereocenters. The quantitative estimate of drug-likeness (QED) is 0.896. The molecule has 0 heterocycles. The SMILES string of the molecule is COc1ccc(COc2cccc(C(C)N)c2)cc1Br. The maximum atomic E-state index is 5.87. The topological polar surface area (TPSA) is 44.5 Å². The standard InChI is InChI=1S/C16H18BrNO2/c1-11(18)13-4-3-5-14(9-13)20-10-12-6-7-16(19-2)15(17)8-12/h3-9,11H,10,18H2,1-2H3. The van der Waals surface area contributed by atoms with Crippen molar-refractivity contribution in [3.8, 4) is 11.5 Å². The summed E-state index contributed by atoms with van der Waals surface area (Å²) in [4.78, 5) is 0. The Bertz CT molecular complexity index is 584. The van der Waals surface area contributed by atoms with Crippen molar-refractivity contribution in [3.05, 3.63) is 58.1 Å². The predicted octanol–water partition coefficient (Wildman–Crippen LogP) is 4.06. The van der Waals surface area contributed by atoms with Gasteiger partial charge in [0.25, 0.3) is 0 Å². The highest BCUT2D eigenvalue weighted by Gasteiger charge is 2.04. The van der Waals surface area contributed by atoms with E-state index < -0.39 is 0 Å². The second-order valence-corrected chi connectivity index (χ2v) is 5.47. The molecule has 0 amide bonds. The Morgan fingerprint density at radius 1 is 1.20 bits per heavy atom. The van der Waals surface area contributed by atoms with Crippen molar-refractivity contribution in [1.29, 1.82) is 0 Å². The lowest BCUT2D eigenvalue weighted by molar-refractivity contribution is 0.305. The van der Waals surface area contributed by atoms with Gasteiger partial charge in [0.15, 0.2) is 0 Å². The van der Waals surface area contributed by atoms with Crippen molar-refractivity contribution >= 4 is 15.9 Å². The Labute approximate surface area is 127 Å². The van der Waals surface area contributed by atoms with Crippen molar-refractivity contribution in [2.45, 2.75) is 19.6 Å². The molecule has 2 N–H and O–H groups in total. The summed E-state index contributed by atoms with van der Waals surface area (Å²) >= 11 is 3.47. The molecule has 1 atom stereocenters. The van der Waals surface area contributed by atoms with Gasteiger partial charge in [-0.15, -0.1) is 0 Å². The third-order valence-corrected chi connectivity index (χ3v) is 3.63. The van der Waals surface area contributed by atoms with Gasteiger partial charge >= 0.3 is 0 Å². The first kappa shape index (κ1) is 14.9. The van der Waals surface area contributed by atoms with Crippen LogP contribution >= 0.6 is 15.9 Å². The minimum absolute atomic E-state index is 0.00804. The summed E-state index contributed by atoms with van der Waals surface area (Å²) in [6.45, 7) is 2.46. The normalized spacial score (nSPS) is 12.0.